The Morgan fingerprint density at radius 1 is 1.10 bits per heavy atom. The molecular formula is C20H16F2N4O3S. The number of amides is 1. The Balaban J connectivity index is 1.40. The van der Waals surface area contributed by atoms with Gasteiger partial charge in [0.15, 0.2) is 5.01 Å². The number of hydrogen-bond acceptors (Lipinski definition) is 6. The quantitative estimate of drug-likeness (QED) is 0.452. The number of benzene rings is 2. The number of nitrogens with zero attached hydrogens (tertiary/aromatic N) is 4. The van der Waals surface area contributed by atoms with Crippen molar-refractivity contribution in [3.63, 3.8) is 0 Å². The van der Waals surface area contributed by atoms with Crippen LogP contribution in [-0.4, -0.2) is 39.0 Å². The highest BCUT2D eigenvalue weighted by atomic mass is 32.1. The Morgan fingerprint density at radius 3 is 2.43 bits per heavy atom. The number of halogens is 2. The number of likely N-dealkylation sites (tertiary alicyclic amines) is 1. The first-order valence-electron chi connectivity index (χ1n) is 9.25. The van der Waals surface area contributed by atoms with Crippen LogP contribution < -0.4 is 0 Å². The first-order valence-corrected chi connectivity index (χ1v) is 10.1. The zero-order valence-corrected chi connectivity index (χ0v) is 16.4. The average molecular weight is 430 g/mol. The summed E-state index contributed by atoms with van der Waals surface area (Å²) in [5.41, 5.74) is 0.560. The van der Waals surface area contributed by atoms with Crippen LogP contribution in [0.4, 0.5) is 14.5 Å². The van der Waals surface area contributed by atoms with E-state index in [0.717, 1.165) is 11.1 Å². The lowest BCUT2D eigenvalue weighted by Gasteiger charge is -2.31. The predicted octanol–water partition coefficient (Wildman–Crippen LogP) is 4.41. The molecule has 1 aliphatic heterocycles. The molecule has 2 heterocycles. The van der Waals surface area contributed by atoms with Crippen molar-refractivity contribution < 1.29 is 18.5 Å². The molecule has 1 fully saturated rings. The van der Waals surface area contributed by atoms with E-state index in [1.54, 1.807) is 4.90 Å². The first-order chi connectivity index (χ1) is 14.4. The molecule has 0 atom stereocenters. The second-order valence-corrected chi connectivity index (χ2v) is 7.95. The van der Waals surface area contributed by atoms with Gasteiger partial charge in [0.25, 0.3) is 11.6 Å². The fourth-order valence-corrected chi connectivity index (χ4v) is 4.45. The van der Waals surface area contributed by atoms with Crippen LogP contribution in [0.25, 0.3) is 10.6 Å². The molecule has 3 aromatic rings. The highest BCUT2D eigenvalue weighted by molar-refractivity contribution is 7.14. The summed E-state index contributed by atoms with van der Waals surface area (Å²) in [5, 5.41) is 20.1. The van der Waals surface area contributed by atoms with Crippen molar-refractivity contribution in [2.24, 2.45) is 0 Å². The Kier molecular flexibility index (Phi) is 5.49. The minimum Gasteiger partial charge on any atom is -0.339 e. The van der Waals surface area contributed by atoms with Crippen molar-refractivity contribution in [3.8, 4) is 10.6 Å². The average Bonchev–Trinajstić information content (AvgIpc) is 3.23. The molecule has 0 radical (unpaired) electrons. The summed E-state index contributed by atoms with van der Waals surface area (Å²) in [6, 6.07) is 8.90. The molecular weight excluding hydrogens is 414 g/mol. The van der Waals surface area contributed by atoms with Gasteiger partial charge in [0, 0.05) is 48.3 Å². The van der Waals surface area contributed by atoms with Crippen LogP contribution in [0.5, 0.6) is 0 Å². The molecule has 4 rings (SSSR count). The molecule has 0 unspecified atom stereocenters. The summed E-state index contributed by atoms with van der Waals surface area (Å²) in [6.45, 7) is 1.03. The molecule has 0 N–H and O–H groups in total. The van der Waals surface area contributed by atoms with Crippen LogP contribution in [0.1, 0.15) is 34.1 Å². The molecule has 0 bridgehead atoms. The van der Waals surface area contributed by atoms with Crippen molar-refractivity contribution in [1.29, 1.82) is 0 Å². The zero-order valence-electron chi connectivity index (χ0n) is 15.6. The van der Waals surface area contributed by atoms with Crippen molar-refractivity contribution in [3.05, 3.63) is 74.8 Å². The standard InChI is InChI=1S/C20H16F2N4O3S/c21-14-3-6-16(17(22)11-14)19-24-23-18(30-19)12-7-9-25(10-8-12)20(27)13-1-4-15(5-2-13)26(28)29/h1-6,11-12H,7-10H2. The molecule has 0 saturated carbocycles. The van der Waals surface area contributed by atoms with Gasteiger partial charge >= 0.3 is 0 Å². The van der Waals surface area contributed by atoms with Crippen LogP contribution in [-0.2, 0) is 0 Å². The SMILES string of the molecule is O=C(c1ccc([N+](=O)[O-])cc1)N1CCC(c2nnc(-c3ccc(F)cc3F)s2)CC1. The number of carbonyl (C=O) groups excluding carboxylic acids is 1. The van der Waals surface area contributed by atoms with Gasteiger partial charge in [0.1, 0.15) is 16.6 Å². The molecule has 0 aliphatic carbocycles. The lowest BCUT2D eigenvalue weighted by Crippen LogP contribution is -2.37. The Morgan fingerprint density at radius 2 is 1.80 bits per heavy atom. The number of hydrogen-bond donors (Lipinski definition) is 0. The molecule has 10 heteroatoms. The number of carbonyl (C=O) groups is 1. The Labute approximate surface area is 174 Å². The van der Waals surface area contributed by atoms with Crippen LogP contribution in [0.15, 0.2) is 42.5 Å². The Hall–Kier alpha value is -3.27. The van der Waals surface area contributed by atoms with Gasteiger partial charge < -0.3 is 4.90 Å². The predicted molar refractivity (Wildman–Crippen MR) is 106 cm³/mol. The molecule has 154 valence electrons. The third-order valence-electron chi connectivity index (χ3n) is 5.06. The highest BCUT2D eigenvalue weighted by Gasteiger charge is 2.27. The number of piperidine rings is 1. The largest absolute Gasteiger partial charge is 0.339 e. The molecule has 1 amide bonds. The molecule has 2 aromatic carbocycles. The third-order valence-corrected chi connectivity index (χ3v) is 6.18. The summed E-state index contributed by atoms with van der Waals surface area (Å²) in [6.07, 6.45) is 1.36. The number of non-ortho nitro benzene ring substituents is 1. The fraction of sp³-hybridized carbons (Fsp3) is 0.250. The third kappa shape index (κ3) is 4.04. The van der Waals surface area contributed by atoms with E-state index in [1.165, 1.54) is 47.7 Å². The fourth-order valence-electron chi connectivity index (χ4n) is 3.41. The summed E-state index contributed by atoms with van der Waals surface area (Å²) >= 11 is 1.27. The van der Waals surface area contributed by atoms with Crippen molar-refractivity contribution in [2.45, 2.75) is 18.8 Å². The van der Waals surface area contributed by atoms with Gasteiger partial charge in [-0.2, -0.15) is 0 Å². The number of nitro groups is 1. The molecule has 7 nitrogen and oxygen atoms in total. The van der Waals surface area contributed by atoms with E-state index in [2.05, 4.69) is 10.2 Å². The molecule has 1 aliphatic rings. The van der Waals surface area contributed by atoms with Gasteiger partial charge in [0.2, 0.25) is 0 Å². The minimum absolute atomic E-state index is 0.0603. The monoisotopic (exact) mass is 430 g/mol. The normalized spacial score (nSPS) is 14.7. The second-order valence-electron chi connectivity index (χ2n) is 6.94. The first kappa shape index (κ1) is 20.0. The molecule has 1 saturated heterocycles. The van der Waals surface area contributed by atoms with Crippen molar-refractivity contribution >= 4 is 22.9 Å². The van der Waals surface area contributed by atoms with E-state index >= 15 is 0 Å². The van der Waals surface area contributed by atoms with E-state index in [0.29, 0.717) is 36.5 Å². The van der Waals surface area contributed by atoms with E-state index < -0.39 is 16.6 Å². The topological polar surface area (TPSA) is 89.2 Å². The van der Waals surface area contributed by atoms with E-state index in [9.17, 15) is 23.7 Å². The lowest BCUT2D eigenvalue weighted by molar-refractivity contribution is -0.384. The smallest absolute Gasteiger partial charge is 0.269 e. The van der Waals surface area contributed by atoms with Crippen LogP contribution >= 0.6 is 11.3 Å². The number of aromatic nitrogens is 2. The second kappa shape index (κ2) is 8.23. The van der Waals surface area contributed by atoms with Crippen LogP contribution in [0.2, 0.25) is 0 Å². The van der Waals surface area contributed by atoms with Crippen molar-refractivity contribution in [2.75, 3.05) is 13.1 Å². The van der Waals surface area contributed by atoms with Gasteiger partial charge in [-0.25, -0.2) is 8.78 Å². The summed E-state index contributed by atoms with van der Waals surface area (Å²) in [4.78, 5) is 24.6. The summed E-state index contributed by atoms with van der Waals surface area (Å²) in [7, 11) is 0. The molecule has 0 spiro atoms. The minimum atomic E-state index is -0.679. The van der Waals surface area contributed by atoms with Gasteiger partial charge in [-0.05, 0) is 37.1 Å². The van der Waals surface area contributed by atoms with Crippen LogP contribution in [0.3, 0.4) is 0 Å². The summed E-state index contributed by atoms with van der Waals surface area (Å²) < 4.78 is 27.1. The molecule has 30 heavy (non-hydrogen) atoms. The maximum Gasteiger partial charge on any atom is 0.269 e. The van der Waals surface area contributed by atoms with Gasteiger partial charge in [-0.1, -0.05) is 11.3 Å². The molecule has 1 aromatic heterocycles. The van der Waals surface area contributed by atoms with E-state index in [1.807, 2.05) is 0 Å². The zero-order chi connectivity index (χ0) is 21.3. The summed E-state index contributed by atoms with van der Waals surface area (Å²) in [5.74, 6) is -1.40. The maximum absolute atomic E-state index is 14.0. The Bertz CT molecular complexity index is 1100. The van der Waals surface area contributed by atoms with Gasteiger partial charge in [-0.15, -0.1) is 10.2 Å². The van der Waals surface area contributed by atoms with E-state index in [-0.39, 0.29) is 23.1 Å². The van der Waals surface area contributed by atoms with Gasteiger partial charge in [-0.3, -0.25) is 14.9 Å². The number of nitro benzene ring substituents is 1. The lowest BCUT2D eigenvalue weighted by atomic mass is 9.97. The van der Waals surface area contributed by atoms with Crippen molar-refractivity contribution in [1.82, 2.24) is 15.1 Å². The van der Waals surface area contributed by atoms with Gasteiger partial charge in [0.05, 0.1) is 4.92 Å². The van der Waals surface area contributed by atoms with Crippen LogP contribution in [0, 0.1) is 21.7 Å². The number of rotatable bonds is 4. The highest BCUT2D eigenvalue weighted by Crippen LogP contribution is 2.34. The maximum atomic E-state index is 14.0. The van der Waals surface area contributed by atoms with E-state index in [4.69, 9.17) is 0 Å².